The summed E-state index contributed by atoms with van der Waals surface area (Å²) in [5.41, 5.74) is 2.17. The van der Waals surface area contributed by atoms with Gasteiger partial charge in [-0.3, -0.25) is 4.90 Å². The lowest BCUT2D eigenvalue weighted by Gasteiger charge is -2.23. The first-order chi connectivity index (χ1) is 13.7. The van der Waals surface area contributed by atoms with Crippen LogP contribution < -0.4 is 14.8 Å². The quantitative estimate of drug-likeness (QED) is 0.613. The summed E-state index contributed by atoms with van der Waals surface area (Å²) in [6.07, 6.45) is 2.60. The van der Waals surface area contributed by atoms with Crippen molar-refractivity contribution in [3.8, 4) is 11.5 Å². The normalized spacial score (nSPS) is 17.0. The van der Waals surface area contributed by atoms with E-state index >= 15 is 0 Å². The molecule has 1 saturated heterocycles. The Morgan fingerprint density at radius 1 is 1.11 bits per heavy atom. The molecule has 0 aliphatic carbocycles. The van der Waals surface area contributed by atoms with Crippen LogP contribution in [0.1, 0.15) is 37.8 Å². The lowest BCUT2D eigenvalue weighted by Crippen LogP contribution is -2.37. The fourth-order valence-corrected chi connectivity index (χ4v) is 3.94. The highest BCUT2D eigenvalue weighted by molar-refractivity contribution is 6.31. The Morgan fingerprint density at radius 2 is 1.96 bits per heavy atom. The minimum Gasteiger partial charge on any atom is -0.490 e. The highest BCUT2D eigenvalue weighted by Crippen LogP contribution is 2.30. The molecular formula is C23H31ClN2O2. The van der Waals surface area contributed by atoms with Gasteiger partial charge in [0.05, 0.1) is 6.61 Å². The Hall–Kier alpha value is -1.75. The lowest BCUT2D eigenvalue weighted by molar-refractivity contribution is 0.259. The van der Waals surface area contributed by atoms with Crippen molar-refractivity contribution in [1.82, 2.24) is 10.2 Å². The van der Waals surface area contributed by atoms with Crippen molar-refractivity contribution in [3.63, 3.8) is 0 Å². The van der Waals surface area contributed by atoms with Crippen molar-refractivity contribution in [3.05, 3.63) is 58.6 Å². The highest BCUT2D eigenvalue weighted by atomic mass is 35.5. The molecule has 3 rings (SSSR count). The molecule has 0 aromatic heterocycles. The average molecular weight is 403 g/mol. The monoisotopic (exact) mass is 402 g/mol. The molecule has 1 heterocycles. The molecular weight excluding hydrogens is 372 g/mol. The summed E-state index contributed by atoms with van der Waals surface area (Å²) in [6, 6.07) is 14.6. The van der Waals surface area contributed by atoms with Crippen LogP contribution in [0.4, 0.5) is 0 Å². The van der Waals surface area contributed by atoms with Crippen LogP contribution in [0.15, 0.2) is 42.5 Å². The third kappa shape index (κ3) is 5.63. The minimum absolute atomic E-state index is 0.422. The first kappa shape index (κ1) is 21.0. The SMILES string of the molecule is CCOc1cc(CNC[C@H]2CCCN2CC)ccc1OCc1ccccc1Cl. The predicted molar refractivity (Wildman–Crippen MR) is 115 cm³/mol. The van der Waals surface area contributed by atoms with Gasteiger partial charge in [0.1, 0.15) is 6.61 Å². The van der Waals surface area contributed by atoms with Gasteiger partial charge in [-0.05, 0) is 56.6 Å². The Labute approximate surface area is 173 Å². The second-order valence-corrected chi connectivity index (χ2v) is 7.56. The Kier molecular flexibility index (Phi) is 8.01. The van der Waals surface area contributed by atoms with Gasteiger partial charge in [0, 0.05) is 29.7 Å². The fraction of sp³-hybridized carbons (Fsp3) is 0.478. The molecule has 152 valence electrons. The number of nitrogens with zero attached hydrogens (tertiary/aromatic N) is 1. The van der Waals surface area contributed by atoms with Crippen LogP contribution in [0, 0.1) is 0 Å². The zero-order valence-electron chi connectivity index (χ0n) is 16.9. The maximum absolute atomic E-state index is 6.23. The minimum atomic E-state index is 0.422. The van der Waals surface area contributed by atoms with Gasteiger partial charge in [-0.25, -0.2) is 0 Å². The van der Waals surface area contributed by atoms with Crippen LogP contribution in [0.5, 0.6) is 11.5 Å². The molecule has 0 unspecified atom stereocenters. The van der Waals surface area contributed by atoms with Crippen molar-refractivity contribution in [2.45, 2.75) is 45.9 Å². The summed E-state index contributed by atoms with van der Waals surface area (Å²) in [5, 5.41) is 4.32. The van der Waals surface area contributed by atoms with Crippen molar-refractivity contribution in [2.75, 3.05) is 26.2 Å². The van der Waals surface area contributed by atoms with Crippen LogP contribution in [0.2, 0.25) is 5.02 Å². The first-order valence-corrected chi connectivity index (χ1v) is 10.7. The number of hydrogen-bond acceptors (Lipinski definition) is 4. The molecule has 2 aromatic rings. The fourth-order valence-electron chi connectivity index (χ4n) is 3.75. The third-order valence-electron chi connectivity index (χ3n) is 5.26. The molecule has 1 atom stereocenters. The number of likely N-dealkylation sites (N-methyl/N-ethyl adjacent to an activating group) is 1. The number of benzene rings is 2. The lowest BCUT2D eigenvalue weighted by atomic mass is 10.1. The molecule has 2 aromatic carbocycles. The van der Waals surface area contributed by atoms with E-state index in [9.17, 15) is 0 Å². The average Bonchev–Trinajstić information content (AvgIpc) is 3.16. The van der Waals surface area contributed by atoms with Crippen molar-refractivity contribution < 1.29 is 9.47 Å². The van der Waals surface area contributed by atoms with E-state index in [2.05, 4.69) is 29.3 Å². The van der Waals surface area contributed by atoms with Gasteiger partial charge in [-0.15, -0.1) is 0 Å². The van der Waals surface area contributed by atoms with E-state index in [0.717, 1.165) is 36.7 Å². The molecule has 1 fully saturated rings. The van der Waals surface area contributed by atoms with Crippen molar-refractivity contribution >= 4 is 11.6 Å². The van der Waals surface area contributed by atoms with Crippen LogP contribution in [-0.4, -0.2) is 37.2 Å². The first-order valence-electron chi connectivity index (χ1n) is 10.3. The molecule has 5 heteroatoms. The van der Waals surface area contributed by atoms with E-state index in [-0.39, 0.29) is 0 Å². The molecule has 1 N–H and O–H groups in total. The number of rotatable bonds is 10. The molecule has 0 saturated carbocycles. The Bertz CT molecular complexity index is 753. The van der Waals surface area contributed by atoms with Crippen LogP contribution in [0.3, 0.4) is 0 Å². The highest BCUT2D eigenvalue weighted by Gasteiger charge is 2.22. The molecule has 0 bridgehead atoms. The maximum Gasteiger partial charge on any atom is 0.161 e. The molecule has 4 nitrogen and oxygen atoms in total. The van der Waals surface area contributed by atoms with Gasteiger partial charge in [0.25, 0.3) is 0 Å². The number of halogens is 1. The summed E-state index contributed by atoms with van der Waals surface area (Å²) in [7, 11) is 0. The van der Waals surface area contributed by atoms with E-state index < -0.39 is 0 Å². The number of hydrogen-bond donors (Lipinski definition) is 1. The predicted octanol–water partition coefficient (Wildman–Crippen LogP) is 4.89. The van der Waals surface area contributed by atoms with E-state index in [1.165, 1.54) is 24.9 Å². The number of ether oxygens (including phenoxy) is 2. The van der Waals surface area contributed by atoms with Gasteiger partial charge in [0.2, 0.25) is 0 Å². The van der Waals surface area contributed by atoms with Crippen molar-refractivity contribution in [1.29, 1.82) is 0 Å². The van der Waals surface area contributed by atoms with Gasteiger partial charge in [-0.2, -0.15) is 0 Å². The third-order valence-corrected chi connectivity index (χ3v) is 5.63. The Balaban J connectivity index is 1.58. The molecule has 1 aliphatic rings. The molecule has 0 spiro atoms. The summed E-state index contributed by atoms with van der Waals surface area (Å²) in [4.78, 5) is 2.56. The molecule has 0 amide bonds. The van der Waals surface area contributed by atoms with E-state index in [1.807, 2.05) is 37.3 Å². The molecule has 28 heavy (non-hydrogen) atoms. The summed E-state index contributed by atoms with van der Waals surface area (Å²) in [6.45, 7) is 9.49. The zero-order valence-corrected chi connectivity index (χ0v) is 17.7. The zero-order chi connectivity index (χ0) is 19.8. The van der Waals surface area contributed by atoms with Gasteiger partial charge in [0.15, 0.2) is 11.5 Å². The summed E-state index contributed by atoms with van der Waals surface area (Å²) >= 11 is 6.23. The smallest absolute Gasteiger partial charge is 0.161 e. The number of nitrogens with one attached hydrogen (secondary N) is 1. The van der Waals surface area contributed by atoms with E-state index in [0.29, 0.717) is 24.3 Å². The van der Waals surface area contributed by atoms with Crippen LogP contribution >= 0.6 is 11.6 Å². The second-order valence-electron chi connectivity index (χ2n) is 7.15. The van der Waals surface area contributed by atoms with E-state index in [1.54, 1.807) is 0 Å². The van der Waals surface area contributed by atoms with E-state index in [4.69, 9.17) is 21.1 Å². The topological polar surface area (TPSA) is 33.7 Å². The maximum atomic E-state index is 6.23. The molecule has 0 radical (unpaired) electrons. The van der Waals surface area contributed by atoms with Crippen LogP contribution in [0.25, 0.3) is 0 Å². The van der Waals surface area contributed by atoms with Gasteiger partial charge in [-0.1, -0.05) is 42.8 Å². The second kappa shape index (κ2) is 10.7. The van der Waals surface area contributed by atoms with Crippen molar-refractivity contribution in [2.24, 2.45) is 0 Å². The van der Waals surface area contributed by atoms with Gasteiger partial charge < -0.3 is 14.8 Å². The Morgan fingerprint density at radius 3 is 2.75 bits per heavy atom. The summed E-state index contributed by atoms with van der Waals surface area (Å²) < 4.78 is 11.8. The summed E-state index contributed by atoms with van der Waals surface area (Å²) in [5.74, 6) is 1.53. The van der Waals surface area contributed by atoms with Crippen LogP contribution in [-0.2, 0) is 13.2 Å². The molecule has 1 aliphatic heterocycles. The largest absolute Gasteiger partial charge is 0.490 e. The standard InChI is InChI=1S/C23H31ClN2O2/c1-3-26-13-7-9-20(26)16-25-15-18-11-12-22(23(14-18)27-4-2)28-17-19-8-5-6-10-21(19)24/h5-6,8,10-12,14,20,25H,3-4,7,9,13,15-17H2,1-2H3/t20-/m1/s1. The van der Waals surface area contributed by atoms with Gasteiger partial charge >= 0.3 is 0 Å². The number of likely N-dealkylation sites (tertiary alicyclic amines) is 1.